The van der Waals surface area contributed by atoms with Gasteiger partial charge in [-0.25, -0.2) is 15.6 Å². The highest BCUT2D eigenvalue weighted by atomic mass is 16.5. The van der Waals surface area contributed by atoms with Gasteiger partial charge in [0.2, 0.25) is 0 Å². The first-order valence-electron chi connectivity index (χ1n) is 13.2. The summed E-state index contributed by atoms with van der Waals surface area (Å²) in [6.45, 7) is 3.44. The highest BCUT2D eigenvalue weighted by molar-refractivity contribution is 5.94. The second kappa shape index (κ2) is 20.3. The fourth-order valence-corrected chi connectivity index (χ4v) is 4.10. The molecule has 196 valence electrons. The largest absolute Gasteiger partial charge is 0.462 e. The van der Waals surface area contributed by atoms with E-state index in [0.717, 1.165) is 63.6 Å². The average Bonchev–Trinajstić information content (AvgIpc) is 2.83. The van der Waals surface area contributed by atoms with Crippen LogP contribution in [0.4, 0.5) is 0 Å². The standard InChI is InChI=1S/C25H48N6O3/c1-2-3-4-5-6-8-11-15-21-23(22(16-14-18-32)31-25(26)30-21)24(33)34-19-13-10-7-9-12-17-28-20-29-27/h20-21,32H,2-19,27H2,1H3,(H,28,29)(H3,26,30,31). The lowest BCUT2D eigenvalue weighted by molar-refractivity contribution is -0.139. The van der Waals surface area contributed by atoms with Crippen molar-refractivity contribution in [3.63, 3.8) is 0 Å². The summed E-state index contributed by atoms with van der Waals surface area (Å²) in [7, 11) is 0. The quantitative estimate of drug-likeness (QED) is 0.0422. The van der Waals surface area contributed by atoms with Crippen LogP contribution in [-0.4, -0.2) is 49.2 Å². The third-order valence-corrected chi connectivity index (χ3v) is 5.95. The highest BCUT2D eigenvalue weighted by Crippen LogP contribution is 2.25. The second-order valence-corrected chi connectivity index (χ2v) is 8.89. The smallest absolute Gasteiger partial charge is 0.337 e. The van der Waals surface area contributed by atoms with Gasteiger partial charge >= 0.3 is 5.97 Å². The summed E-state index contributed by atoms with van der Waals surface area (Å²) in [5, 5.41) is 12.3. The van der Waals surface area contributed by atoms with Gasteiger partial charge in [-0.2, -0.15) is 0 Å². The van der Waals surface area contributed by atoms with Crippen LogP contribution in [0.2, 0.25) is 0 Å². The Morgan fingerprint density at radius 1 is 1.09 bits per heavy atom. The number of carbonyl (C=O) groups is 1. The van der Waals surface area contributed by atoms with Gasteiger partial charge in [0.25, 0.3) is 0 Å². The Morgan fingerprint density at radius 3 is 2.47 bits per heavy atom. The molecule has 0 amide bonds. The molecule has 0 aromatic heterocycles. The van der Waals surface area contributed by atoms with Crippen LogP contribution in [0.3, 0.4) is 0 Å². The predicted molar refractivity (Wildman–Crippen MR) is 139 cm³/mol. The SMILES string of the molecule is CCCCCCCCCC1N=C(N)NC(CCCO)=C1C(=O)OCCCCCCCN=CNN. The normalized spacial score (nSPS) is 16.0. The third-order valence-electron chi connectivity index (χ3n) is 5.95. The maximum absolute atomic E-state index is 13.0. The van der Waals surface area contributed by atoms with Crippen LogP contribution >= 0.6 is 0 Å². The number of unbranched alkanes of at least 4 members (excludes halogenated alkanes) is 10. The van der Waals surface area contributed by atoms with Crippen molar-refractivity contribution in [2.24, 2.45) is 21.6 Å². The molecular weight excluding hydrogens is 432 g/mol. The van der Waals surface area contributed by atoms with Gasteiger partial charge in [0.05, 0.1) is 24.6 Å². The van der Waals surface area contributed by atoms with Crippen molar-refractivity contribution >= 4 is 18.3 Å². The summed E-state index contributed by atoms with van der Waals surface area (Å²) in [5.41, 5.74) is 9.73. The Hall–Kier alpha value is -2.13. The molecule has 9 nitrogen and oxygen atoms in total. The molecule has 0 fully saturated rings. The van der Waals surface area contributed by atoms with E-state index in [1.165, 1.54) is 38.4 Å². The molecule has 0 aliphatic carbocycles. The molecule has 0 radical (unpaired) electrons. The molecule has 1 aliphatic heterocycles. The molecule has 0 aromatic carbocycles. The van der Waals surface area contributed by atoms with Crippen LogP contribution < -0.4 is 22.3 Å². The number of nitrogens with one attached hydrogen (secondary N) is 2. The number of aliphatic hydroxyl groups is 1. The number of aliphatic imine (C=N–C) groups is 2. The number of hydrazine groups is 1. The summed E-state index contributed by atoms with van der Waals surface area (Å²) >= 11 is 0. The zero-order valence-corrected chi connectivity index (χ0v) is 21.2. The molecule has 1 heterocycles. The lowest BCUT2D eigenvalue weighted by atomic mass is 9.95. The van der Waals surface area contributed by atoms with E-state index in [9.17, 15) is 9.90 Å². The minimum atomic E-state index is -0.312. The Kier molecular flexibility index (Phi) is 17.8. The third kappa shape index (κ3) is 13.5. The predicted octanol–water partition coefficient (Wildman–Crippen LogP) is 3.43. The molecular formula is C25H48N6O3. The molecule has 1 unspecified atom stereocenters. The molecule has 0 spiro atoms. The van der Waals surface area contributed by atoms with Crippen LogP contribution in [0, 0.1) is 0 Å². The first kappa shape index (κ1) is 29.9. The van der Waals surface area contributed by atoms with Crippen molar-refractivity contribution in [3.8, 4) is 0 Å². The van der Waals surface area contributed by atoms with Gasteiger partial charge in [-0.3, -0.25) is 4.99 Å². The summed E-state index contributed by atoms with van der Waals surface area (Å²) in [6.07, 6.45) is 16.9. The average molecular weight is 481 g/mol. The second-order valence-electron chi connectivity index (χ2n) is 8.89. The fourth-order valence-electron chi connectivity index (χ4n) is 4.10. The van der Waals surface area contributed by atoms with Crippen molar-refractivity contribution in [1.82, 2.24) is 10.7 Å². The number of allylic oxidation sites excluding steroid dienone is 1. The van der Waals surface area contributed by atoms with Gasteiger partial charge in [0.15, 0.2) is 5.96 Å². The number of ether oxygens (including phenoxy) is 1. The summed E-state index contributed by atoms with van der Waals surface area (Å²) in [4.78, 5) is 21.6. The first-order chi connectivity index (χ1) is 16.6. The number of rotatable bonds is 21. The van der Waals surface area contributed by atoms with E-state index >= 15 is 0 Å². The van der Waals surface area contributed by atoms with Crippen molar-refractivity contribution in [1.29, 1.82) is 0 Å². The Balaban J connectivity index is 2.50. The van der Waals surface area contributed by atoms with Crippen molar-refractivity contribution in [3.05, 3.63) is 11.3 Å². The minimum absolute atomic E-state index is 0.0566. The van der Waals surface area contributed by atoms with E-state index in [2.05, 4.69) is 27.7 Å². The van der Waals surface area contributed by atoms with Crippen LogP contribution in [0.5, 0.6) is 0 Å². The zero-order valence-electron chi connectivity index (χ0n) is 21.2. The molecule has 0 aromatic rings. The molecule has 0 bridgehead atoms. The minimum Gasteiger partial charge on any atom is -0.462 e. The van der Waals surface area contributed by atoms with Crippen molar-refractivity contribution < 1.29 is 14.6 Å². The van der Waals surface area contributed by atoms with E-state index in [1.54, 1.807) is 0 Å². The number of carbonyl (C=O) groups excluding carboxylic acids is 1. The summed E-state index contributed by atoms with van der Waals surface area (Å²) < 4.78 is 5.63. The molecule has 9 heteroatoms. The summed E-state index contributed by atoms with van der Waals surface area (Å²) in [6, 6.07) is -0.276. The number of aliphatic hydroxyl groups excluding tert-OH is 1. The highest BCUT2D eigenvalue weighted by Gasteiger charge is 2.29. The van der Waals surface area contributed by atoms with Gasteiger partial charge in [-0.15, -0.1) is 0 Å². The van der Waals surface area contributed by atoms with Gasteiger partial charge in [0, 0.05) is 18.8 Å². The van der Waals surface area contributed by atoms with E-state index in [-0.39, 0.29) is 18.6 Å². The van der Waals surface area contributed by atoms with Crippen LogP contribution in [0.15, 0.2) is 21.3 Å². The molecule has 1 aliphatic rings. The number of esters is 1. The Labute approximate surface area is 205 Å². The van der Waals surface area contributed by atoms with E-state index < -0.39 is 0 Å². The van der Waals surface area contributed by atoms with Gasteiger partial charge < -0.3 is 26.3 Å². The maximum Gasteiger partial charge on any atom is 0.337 e. The summed E-state index contributed by atoms with van der Waals surface area (Å²) in [5.74, 6) is 5.15. The Bertz CT molecular complexity index is 636. The number of hydrogen-bond acceptors (Lipinski definition) is 8. The molecule has 34 heavy (non-hydrogen) atoms. The van der Waals surface area contributed by atoms with E-state index in [4.69, 9.17) is 16.3 Å². The zero-order chi connectivity index (χ0) is 24.9. The van der Waals surface area contributed by atoms with Gasteiger partial charge in [-0.1, -0.05) is 71.1 Å². The first-order valence-corrected chi connectivity index (χ1v) is 13.2. The monoisotopic (exact) mass is 480 g/mol. The van der Waals surface area contributed by atoms with Crippen LogP contribution in [0.25, 0.3) is 0 Å². The number of hydrogen-bond donors (Lipinski definition) is 5. The molecule has 0 saturated carbocycles. The van der Waals surface area contributed by atoms with Crippen molar-refractivity contribution in [2.45, 2.75) is 109 Å². The molecule has 0 saturated heterocycles. The van der Waals surface area contributed by atoms with E-state index in [0.29, 0.717) is 31.0 Å². The van der Waals surface area contributed by atoms with Crippen LogP contribution in [-0.2, 0) is 9.53 Å². The van der Waals surface area contributed by atoms with Gasteiger partial charge in [0.1, 0.15) is 0 Å². The molecule has 7 N–H and O–H groups in total. The number of nitrogens with zero attached hydrogens (tertiary/aromatic N) is 2. The number of nitrogens with two attached hydrogens (primary N) is 2. The fraction of sp³-hybridized carbons (Fsp3) is 0.800. The maximum atomic E-state index is 13.0. The van der Waals surface area contributed by atoms with Crippen LogP contribution in [0.1, 0.15) is 103 Å². The van der Waals surface area contributed by atoms with E-state index in [1.807, 2.05) is 0 Å². The lowest BCUT2D eigenvalue weighted by Gasteiger charge is -2.26. The van der Waals surface area contributed by atoms with Crippen molar-refractivity contribution in [2.75, 3.05) is 19.8 Å². The lowest BCUT2D eigenvalue weighted by Crippen LogP contribution is -2.40. The molecule has 1 rings (SSSR count). The molecule has 1 atom stereocenters. The Morgan fingerprint density at radius 2 is 1.76 bits per heavy atom. The van der Waals surface area contributed by atoms with Gasteiger partial charge in [-0.05, 0) is 32.1 Å². The number of guanidine groups is 1. The topological polar surface area (TPSA) is 147 Å².